The number of hydrogen-bond acceptors (Lipinski definition) is 4. The normalized spacial score (nSPS) is 12.5. The second-order valence-corrected chi connectivity index (χ2v) is 13.6. The van der Waals surface area contributed by atoms with Gasteiger partial charge in [-0.25, -0.2) is 8.42 Å². The molecular formula is C32H40ClN3O4S. The van der Waals surface area contributed by atoms with Crippen molar-refractivity contribution in [3.05, 3.63) is 94.0 Å². The van der Waals surface area contributed by atoms with E-state index in [1.54, 1.807) is 37.3 Å². The van der Waals surface area contributed by atoms with Crippen LogP contribution in [0.15, 0.2) is 71.6 Å². The van der Waals surface area contributed by atoms with Crippen LogP contribution in [0.1, 0.15) is 56.4 Å². The molecule has 9 heteroatoms. The molecule has 0 radical (unpaired) electrons. The molecular weight excluding hydrogens is 558 g/mol. The van der Waals surface area contributed by atoms with Gasteiger partial charge in [0.1, 0.15) is 12.6 Å². The standard InChI is InChI=1S/C32H40ClN3O4S/c1-8-28(31(38)34-32(5,6)7)35(20-25-13-10-9-12-23(25)3)30(37)21-36(29-15-11-14-27(33)24(29)4)41(39,40)26-18-16-22(2)17-19-26/h9-19,28H,8,20-21H2,1-7H3,(H,34,38)/t28-/m1/s1. The number of aryl methyl sites for hydroxylation is 2. The lowest BCUT2D eigenvalue weighted by Gasteiger charge is -2.35. The van der Waals surface area contributed by atoms with Crippen molar-refractivity contribution < 1.29 is 18.0 Å². The first kappa shape index (κ1) is 32.2. The highest BCUT2D eigenvalue weighted by Crippen LogP contribution is 2.31. The lowest BCUT2D eigenvalue weighted by molar-refractivity contribution is -0.141. The van der Waals surface area contributed by atoms with Crippen molar-refractivity contribution in [3.63, 3.8) is 0 Å². The molecule has 7 nitrogen and oxygen atoms in total. The van der Waals surface area contributed by atoms with Crippen LogP contribution in [-0.2, 0) is 26.2 Å². The van der Waals surface area contributed by atoms with Crippen molar-refractivity contribution in [3.8, 4) is 0 Å². The van der Waals surface area contributed by atoms with Gasteiger partial charge < -0.3 is 10.2 Å². The number of hydrogen-bond donors (Lipinski definition) is 1. The summed E-state index contributed by atoms with van der Waals surface area (Å²) in [6.07, 6.45) is 0.348. The maximum absolute atomic E-state index is 14.2. The van der Waals surface area contributed by atoms with Gasteiger partial charge in [0.2, 0.25) is 11.8 Å². The number of benzene rings is 3. The van der Waals surface area contributed by atoms with Crippen LogP contribution in [0.4, 0.5) is 5.69 Å². The molecule has 0 spiro atoms. The number of rotatable bonds is 10. The zero-order valence-corrected chi connectivity index (χ0v) is 26.4. The van der Waals surface area contributed by atoms with Crippen LogP contribution in [-0.4, -0.2) is 43.3 Å². The minimum absolute atomic E-state index is 0.0539. The summed E-state index contributed by atoms with van der Waals surface area (Å²) in [6, 6.07) is 18.3. The molecule has 0 heterocycles. The number of carbonyl (C=O) groups excluding carboxylic acids is 2. The first-order valence-electron chi connectivity index (χ1n) is 13.7. The number of halogens is 1. The van der Waals surface area contributed by atoms with Crippen molar-refractivity contribution in [1.29, 1.82) is 0 Å². The second-order valence-electron chi connectivity index (χ2n) is 11.3. The zero-order valence-electron chi connectivity index (χ0n) is 24.9. The van der Waals surface area contributed by atoms with E-state index in [-0.39, 0.29) is 17.3 Å². The largest absolute Gasteiger partial charge is 0.350 e. The predicted molar refractivity (Wildman–Crippen MR) is 166 cm³/mol. The molecule has 3 rings (SSSR count). The molecule has 0 aliphatic heterocycles. The Hall–Kier alpha value is -3.36. The lowest BCUT2D eigenvalue weighted by atomic mass is 10.0. The highest BCUT2D eigenvalue weighted by Gasteiger charge is 2.35. The molecule has 1 atom stereocenters. The van der Waals surface area contributed by atoms with E-state index in [0.717, 1.165) is 21.0 Å². The summed E-state index contributed by atoms with van der Waals surface area (Å²) < 4.78 is 29.2. The summed E-state index contributed by atoms with van der Waals surface area (Å²) in [4.78, 5) is 29.3. The Morgan fingerprint density at radius 1 is 0.927 bits per heavy atom. The maximum atomic E-state index is 14.2. The maximum Gasteiger partial charge on any atom is 0.264 e. The highest BCUT2D eigenvalue weighted by atomic mass is 35.5. The number of anilines is 1. The molecule has 0 aliphatic rings. The van der Waals surface area contributed by atoms with Crippen LogP contribution in [0, 0.1) is 20.8 Å². The lowest BCUT2D eigenvalue weighted by Crippen LogP contribution is -2.55. The Morgan fingerprint density at radius 3 is 2.15 bits per heavy atom. The zero-order chi connectivity index (χ0) is 30.5. The minimum atomic E-state index is -4.17. The van der Waals surface area contributed by atoms with Crippen molar-refractivity contribution in [2.75, 3.05) is 10.8 Å². The minimum Gasteiger partial charge on any atom is -0.350 e. The van der Waals surface area contributed by atoms with Gasteiger partial charge in [-0.1, -0.05) is 66.6 Å². The molecule has 0 unspecified atom stereocenters. The fraction of sp³-hybridized carbons (Fsp3) is 0.375. The second kappa shape index (κ2) is 13.1. The van der Waals surface area contributed by atoms with Crippen molar-refractivity contribution in [1.82, 2.24) is 10.2 Å². The Labute approximate surface area is 249 Å². The fourth-order valence-corrected chi connectivity index (χ4v) is 6.20. The average molecular weight is 598 g/mol. The molecule has 0 aromatic heterocycles. The Kier molecular flexibility index (Phi) is 10.3. The van der Waals surface area contributed by atoms with Crippen molar-refractivity contribution >= 4 is 39.1 Å². The molecule has 0 aliphatic carbocycles. The molecule has 0 saturated carbocycles. The summed E-state index contributed by atoms with van der Waals surface area (Å²) in [5.74, 6) is -0.798. The van der Waals surface area contributed by atoms with Gasteiger partial charge in [0, 0.05) is 17.1 Å². The van der Waals surface area contributed by atoms with Crippen LogP contribution in [0.5, 0.6) is 0 Å². The molecule has 3 aromatic carbocycles. The van der Waals surface area contributed by atoms with E-state index in [2.05, 4.69) is 5.32 Å². The van der Waals surface area contributed by atoms with Crippen LogP contribution < -0.4 is 9.62 Å². The van der Waals surface area contributed by atoms with Crippen LogP contribution in [0.25, 0.3) is 0 Å². The van der Waals surface area contributed by atoms with Crippen LogP contribution in [0.3, 0.4) is 0 Å². The molecule has 1 N–H and O–H groups in total. The van der Waals surface area contributed by atoms with Crippen molar-refractivity contribution in [2.45, 2.75) is 77.9 Å². The molecule has 0 bridgehead atoms. The first-order valence-corrected chi connectivity index (χ1v) is 15.5. The van der Waals surface area contributed by atoms with Gasteiger partial charge in [-0.05, 0) is 88.9 Å². The van der Waals surface area contributed by atoms with E-state index in [4.69, 9.17) is 11.6 Å². The first-order chi connectivity index (χ1) is 19.2. The summed E-state index contributed by atoms with van der Waals surface area (Å²) in [5, 5.41) is 3.37. The summed E-state index contributed by atoms with van der Waals surface area (Å²) in [7, 11) is -4.17. The number of carbonyl (C=O) groups is 2. The van der Waals surface area contributed by atoms with E-state index >= 15 is 0 Å². The van der Waals surface area contributed by atoms with Gasteiger partial charge in [0.05, 0.1) is 10.6 Å². The number of amides is 2. The predicted octanol–water partition coefficient (Wildman–Crippen LogP) is 6.18. The number of sulfonamides is 1. The molecule has 3 aromatic rings. The molecule has 41 heavy (non-hydrogen) atoms. The third-order valence-electron chi connectivity index (χ3n) is 6.88. The van der Waals surface area contributed by atoms with E-state index in [1.165, 1.54) is 17.0 Å². The highest BCUT2D eigenvalue weighted by molar-refractivity contribution is 7.92. The van der Waals surface area contributed by atoms with E-state index in [1.807, 2.05) is 65.8 Å². The van der Waals surface area contributed by atoms with Gasteiger partial charge in [-0.2, -0.15) is 0 Å². The smallest absolute Gasteiger partial charge is 0.264 e. The number of nitrogens with zero attached hydrogens (tertiary/aromatic N) is 2. The molecule has 0 saturated heterocycles. The van der Waals surface area contributed by atoms with Gasteiger partial charge >= 0.3 is 0 Å². The van der Waals surface area contributed by atoms with Crippen LogP contribution in [0.2, 0.25) is 5.02 Å². The topological polar surface area (TPSA) is 86.8 Å². The van der Waals surface area contributed by atoms with Crippen LogP contribution >= 0.6 is 11.6 Å². The molecule has 2 amide bonds. The van der Waals surface area contributed by atoms with Gasteiger partial charge in [-0.3, -0.25) is 13.9 Å². The summed E-state index contributed by atoms with van der Waals surface area (Å²) >= 11 is 6.40. The van der Waals surface area contributed by atoms with Crippen molar-refractivity contribution in [2.24, 2.45) is 0 Å². The quantitative estimate of drug-likeness (QED) is 0.302. The Morgan fingerprint density at radius 2 is 1.56 bits per heavy atom. The average Bonchev–Trinajstić information content (AvgIpc) is 2.89. The monoisotopic (exact) mass is 597 g/mol. The Bertz CT molecular complexity index is 1500. The fourth-order valence-electron chi connectivity index (χ4n) is 4.56. The SMILES string of the molecule is CC[C@H](C(=O)NC(C)(C)C)N(Cc1ccccc1C)C(=O)CN(c1cccc(Cl)c1C)S(=O)(=O)c1ccc(C)cc1. The van der Waals surface area contributed by atoms with Gasteiger partial charge in [-0.15, -0.1) is 0 Å². The van der Waals surface area contributed by atoms with E-state index < -0.39 is 34.1 Å². The third-order valence-corrected chi connectivity index (χ3v) is 9.07. The number of nitrogens with one attached hydrogen (secondary N) is 1. The Balaban J connectivity index is 2.13. The van der Waals surface area contributed by atoms with Gasteiger partial charge in [0.25, 0.3) is 10.0 Å². The van der Waals surface area contributed by atoms with E-state index in [9.17, 15) is 18.0 Å². The van der Waals surface area contributed by atoms with Gasteiger partial charge in [0.15, 0.2) is 0 Å². The molecule has 0 fully saturated rings. The third kappa shape index (κ3) is 7.89. The summed E-state index contributed by atoms with van der Waals surface area (Å²) in [5.41, 5.74) is 3.06. The summed E-state index contributed by atoms with van der Waals surface area (Å²) in [6.45, 7) is 12.6. The molecule has 220 valence electrons. The van der Waals surface area contributed by atoms with E-state index in [0.29, 0.717) is 22.7 Å².